The molecule has 0 heterocycles. The number of nitrogens with one attached hydrogen (secondary N) is 1. The SMILES string of the molecule is CCSCCNCC(Cl)C(C)C. The fraction of sp³-hybridized carbons (Fsp3) is 1.00. The lowest BCUT2D eigenvalue weighted by Gasteiger charge is -2.13. The summed E-state index contributed by atoms with van der Waals surface area (Å²) in [7, 11) is 0. The molecule has 74 valence electrons. The molecule has 0 saturated carbocycles. The van der Waals surface area contributed by atoms with Gasteiger partial charge in [0.05, 0.1) is 0 Å². The molecule has 1 N–H and O–H groups in total. The first kappa shape index (κ1) is 12.6. The molecule has 3 heteroatoms. The predicted octanol–water partition coefficient (Wildman–Crippen LogP) is 2.59. The van der Waals surface area contributed by atoms with Gasteiger partial charge in [-0.3, -0.25) is 0 Å². The Kier molecular flexibility index (Phi) is 8.62. The van der Waals surface area contributed by atoms with Gasteiger partial charge >= 0.3 is 0 Å². The van der Waals surface area contributed by atoms with E-state index < -0.39 is 0 Å². The number of rotatable bonds is 7. The van der Waals surface area contributed by atoms with E-state index in [4.69, 9.17) is 11.6 Å². The predicted molar refractivity (Wildman–Crippen MR) is 60.3 cm³/mol. The van der Waals surface area contributed by atoms with Crippen LogP contribution in [0, 0.1) is 5.92 Å². The fourth-order valence-corrected chi connectivity index (χ4v) is 1.45. The molecule has 1 nitrogen and oxygen atoms in total. The van der Waals surface area contributed by atoms with Gasteiger partial charge in [0.2, 0.25) is 0 Å². The van der Waals surface area contributed by atoms with Gasteiger partial charge in [-0.2, -0.15) is 11.8 Å². The summed E-state index contributed by atoms with van der Waals surface area (Å²) in [6.45, 7) is 8.50. The van der Waals surface area contributed by atoms with Crippen LogP contribution in [-0.2, 0) is 0 Å². The Morgan fingerprint density at radius 2 is 2.08 bits per heavy atom. The van der Waals surface area contributed by atoms with E-state index >= 15 is 0 Å². The Labute approximate surface area is 85.6 Å². The van der Waals surface area contributed by atoms with Crippen LogP contribution in [0.1, 0.15) is 20.8 Å². The number of alkyl halides is 1. The zero-order valence-corrected chi connectivity index (χ0v) is 9.84. The summed E-state index contributed by atoms with van der Waals surface area (Å²) in [5.74, 6) is 2.96. The topological polar surface area (TPSA) is 12.0 Å². The van der Waals surface area contributed by atoms with Crippen LogP contribution in [-0.4, -0.2) is 30.0 Å². The molecule has 1 unspecified atom stereocenters. The number of hydrogen-bond donors (Lipinski definition) is 1. The Morgan fingerprint density at radius 3 is 2.58 bits per heavy atom. The second kappa shape index (κ2) is 8.21. The van der Waals surface area contributed by atoms with Gasteiger partial charge in [0.15, 0.2) is 0 Å². The molecule has 0 aliphatic carbocycles. The largest absolute Gasteiger partial charge is 0.314 e. The van der Waals surface area contributed by atoms with Crippen molar-refractivity contribution >= 4 is 23.4 Å². The second-order valence-corrected chi connectivity index (χ2v) is 5.12. The summed E-state index contributed by atoms with van der Waals surface area (Å²) in [6, 6.07) is 0. The van der Waals surface area contributed by atoms with Gasteiger partial charge in [-0.1, -0.05) is 20.8 Å². The summed E-state index contributed by atoms with van der Waals surface area (Å²) in [5, 5.41) is 3.62. The smallest absolute Gasteiger partial charge is 0.0483 e. The number of halogens is 1. The summed E-state index contributed by atoms with van der Waals surface area (Å²) < 4.78 is 0. The highest BCUT2D eigenvalue weighted by Crippen LogP contribution is 2.07. The number of thioether (sulfide) groups is 1. The van der Waals surface area contributed by atoms with E-state index in [0.29, 0.717) is 5.92 Å². The summed E-state index contributed by atoms with van der Waals surface area (Å²) >= 11 is 8.02. The van der Waals surface area contributed by atoms with Crippen LogP contribution < -0.4 is 5.32 Å². The third-order valence-corrected chi connectivity index (χ3v) is 3.25. The molecule has 12 heavy (non-hydrogen) atoms. The molecule has 0 bridgehead atoms. The Bertz CT molecular complexity index is 98.5. The van der Waals surface area contributed by atoms with Crippen LogP contribution in [0.3, 0.4) is 0 Å². The molecule has 0 fully saturated rings. The van der Waals surface area contributed by atoms with E-state index in [1.807, 2.05) is 11.8 Å². The minimum absolute atomic E-state index is 0.275. The van der Waals surface area contributed by atoms with Crippen molar-refractivity contribution in [3.05, 3.63) is 0 Å². The minimum atomic E-state index is 0.275. The molecule has 0 rings (SSSR count). The van der Waals surface area contributed by atoms with Gasteiger partial charge in [0.25, 0.3) is 0 Å². The first-order chi connectivity index (χ1) is 5.68. The zero-order chi connectivity index (χ0) is 9.40. The van der Waals surface area contributed by atoms with E-state index in [1.165, 1.54) is 11.5 Å². The van der Waals surface area contributed by atoms with Crippen LogP contribution in [0.15, 0.2) is 0 Å². The zero-order valence-electron chi connectivity index (χ0n) is 8.27. The van der Waals surface area contributed by atoms with Crippen molar-refractivity contribution in [2.24, 2.45) is 5.92 Å². The molecule has 0 aromatic rings. The molecular weight excluding hydrogens is 190 g/mol. The van der Waals surface area contributed by atoms with Gasteiger partial charge in [0.1, 0.15) is 0 Å². The summed E-state index contributed by atoms with van der Waals surface area (Å²) in [5.41, 5.74) is 0. The number of hydrogen-bond acceptors (Lipinski definition) is 2. The van der Waals surface area contributed by atoms with Crippen molar-refractivity contribution in [1.82, 2.24) is 5.32 Å². The molecule has 1 atom stereocenters. The van der Waals surface area contributed by atoms with Gasteiger partial charge in [0, 0.05) is 24.2 Å². The Hall–Kier alpha value is 0.600. The molecule has 0 aromatic heterocycles. The average molecular weight is 210 g/mol. The van der Waals surface area contributed by atoms with Crippen LogP contribution in [0.2, 0.25) is 0 Å². The molecule has 0 aromatic carbocycles. The summed E-state index contributed by atoms with van der Waals surface area (Å²) in [4.78, 5) is 0. The van der Waals surface area contributed by atoms with Crippen molar-refractivity contribution in [3.8, 4) is 0 Å². The fourth-order valence-electron chi connectivity index (χ4n) is 0.764. The maximum Gasteiger partial charge on any atom is 0.0483 e. The van der Waals surface area contributed by atoms with Crippen molar-refractivity contribution in [2.45, 2.75) is 26.1 Å². The van der Waals surface area contributed by atoms with Crippen molar-refractivity contribution in [3.63, 3.8) is 0 Å². The van der Waals surface area contributed by atoms with Crippen molar-refractivity contribution < 1.29 is 0 Å². The highest BCUT2D eigenvalue weighted by Gasteiger charge is 2.07. The first-order valence-corrected chi connectivity index (χ1v) is 6.20. The minimum Gasteiger partial charge on any atom is -0.314 e. The molecule has 0 radical (unpaired) electrons. The third-order valence-electron chi connectivity index (χ3n) is 1.69. The Balaban J connectivity index is 3.08. The summed E-state index contributed by atoms with van der Waals surface area (Å²) in [6.07, 6.45) is 0. The lowest BCUT2D eigenvalue weighted by molar-refractivity contribution is 0.556. The molecule has 0 amide bonds. The quantitative estimate of drug-likeness (QED) is 0.511. The van der Waals surface area contributed by atoms with Crippen LogP contribution in [0.4, 0.5) is 0 Å². The Morgan fingerprint density at radius 1 is 1.42 bits per heavy atom. The van der Waals surface area contributed by atoms with Gasteiger partial charge in [-0.05, 0) is 11.7 Å². The first-order valence-electron chi connectivity index (χ1n) is 4.61. The maximum absolute atomic E-state index is 6.06. The van der Waals surface area contributed by atoms with Crippen molar-refractivity contribution in [2.75, 3.05) is 24.6 Å². The van der Waals surface area contributed by atoms with Crippen molar-refractivity contribution in [1.29, 1.82) is 0 Å². The monoisotopic (exact) mass is 209 g/mol. The van der Waals surface area contributed by atoms with Crippen LogP contribution >= 0.6 is 23.4 Å². The van der Waals surface area contributed by atoms with Crippen LogP contribution in [0.25, 0.3) is 0 Å². The van der Waals surface area contributed by atoms with E-state index in [2.05, 4.69) is 26.1 Å². The molecule has 0 spiro atoms. The normalized spacial score (nSPS) is 13.8. The lowest BCUT2D eigenvalue weighted by atomic mass is 10.1. The van der Waals surface area contributed by atoms with Gasteiger partial charge in [-0.25, -0.2) is 0 Å². The molecule has 0 aliphatic heterocycles. The standard InChI is InChI=1S/C9H20ClNS/c1-4-12-6-5-11-7-9(10)8(2)3/h8-9,11H,4-7H2,1-3H3. The lowest BCUT2D eigenvalue weighted by Crippen LogP contribution is -2.28. The highest BCUT2D eigenvalue weighted by molar-refractivity contribution is 7.99. The third kappa shape index (κ3) is 7.26. The molecular formula is C9H20ClNS. The molecule has 0 aliphatic rings. The van der Waals surface area contributed by atoms with E-state index in [1.54, 1.807) is 0 Å². The molecule has 0 saturated heterocycles. The van der Waals surface area contributed by atoms with E-state index in [0.717, 1.165) is 13.1 Å². The second-order valence-electron chi connectivity index (χ2n) is 3.16. The van der Waals surface area contributed by atoms with Gasteiger partial charge < -0.3 is 5.32 Å². The van der Waals surface area contributed by atoms with E-state index in [-0.39, 0.29) is 5.38 Å². The van der Waals surface area contributed by atoms with Crippen LogP contribution in [0.5, 0.6) is 0 Å². The average Bonchev–Trinajstić information content (AvgIpc) is 2.03. The van der Waals surface area contributed by atoms with Gasteiger partial charge in [-0.15, -0.1) is 11.6 Å². The maximum atomic E-state index is 6.06. The highest BCUT2D eigenvalue weighted by atomic mass is 35.5. The van der Waals surface area contributed by atoms with E-state index in [9.17, 15) is 0 Å².